The molecule has 0 radical (unpaired) electrons. The predicted octanol–water partition coefficient (Wildman–Crippen LogP) is 0.850. The van der Waals surface area contributed by atoms with Crippen LogP contribution in [0.15, 0.2) is 24.4 Å². The van der Waals surface area contributed by atoms with Gasteiger partial charge in [0, 0.05) is 18.4 Å². The Kier molecular flexibility index (Phi) is 2.64. The maximum Gasteiger partial charge on any atom is 0.225 e. The average Bonchev–Trinajstić information content (AvgIpc) is 2.67. The normalized spacial score (nSPS) is 10.5. The standard InChI is InChI=1S/C10H12N4O/c11-5-4-9(15)13-8-3-1-2-7-6-12-14-10(7)8/h1-3,6H,4-5,11H2,(H,12,14)(H,13,15). The van der Waals surface area contributed by atoms with Gasteiger partial charge in [-0.05, 0) is 6.07 Å². The highest BCUT2D eigenvalue weighted by molar-refractivity contribution is 6.00. The van der Waals surface area contributed by atoms with Gasteiger partial charge >= 0.3 is 0 Å². The molecule has 15 heavy (non-hydrogen) atoms. The molecule has 0 spiro atoms. The van der Waals surface area contributed by atoms with E-state index in [1.807, 2.05) is 18.2 Å². The first kappa shape index (κ1) is 9.67. The maximum absolute atomic E-state index is 11.4. The largest absolute Gasteiger partial charge is 0.330 e. The van der Waals surface area contributed by atoms with Crippen molar-refractivity contribution in [2.75, 3.05) is 11.9 Å². The Balaban J connectivity index is 2.27. The predicted molar refractivity (Wildman–Crippen MR) is 58.4 cm³/mol. The van der Waals surface area contributed by atoms with Gasteiger partial charge in [-0.2, -0.15) is 5.10 Å². The maximum atomic E-state index is 11.4. The number of H-pyrrole nitrogens is 1. The number of benzene rings is 1. The Labute approximate surface area is 86.7 Å². The van der Waals surface area contributed by atoms with Crippen LogP contribution in [0, 0.1) is 0 Å². The summed E-state index contributed by atoms with van der Waals surface area (Å²) in [4.78, 5) is 11.4. The summed E-state index contributed by atoms with van der Waals surface area (Å²) >= 11 is 0. The molecule has 0 fully saturated rings. The van der Waals surface area contributed by atoms with Gasteiger partial charge in [-0.25, -0.2) is 0 Å². The number of carbonyl (C=O) groups is 1. The summed E-state index contributed by atoms with van der Waals surface area (Å²) in [5.74, 6) is -0.0837. The van der Waals surface area contributed by atoms with E-state index in [9.17, 15) is 4.79 Å². The third-order valence-corrected chi connectivity index (χ3v) is 2.12. The van der Waals surface area contributed by atoms with E-state index >= 15 is 0 Å². The molecule has 0 unspecified atom stereocenters. The van der Waals surface area contributed by atoms with Gasteiger partial charge in [0.05, 0.1) is 17.4 Å². The number of nitrogens with two attached hydrogens (primary N) is 1. The highest BCUT2D eigenvalue weighted by atomic mass is 16.1. The lowest BCUT2D eigenvalue weighted by molar-refractivity contribution is -0.116. The minimum Gasteiger partial charge on any atom is -0.330 e. The van der Waals surface area contributed by atoms with Gasteiger partial charge in [-0.15, -0.1) is 0 Å². The number of anilines is 1. The third kappa shape index (κ3) is 1.97. The molecule has 1 aromatic heterocycles. The highest BCUT2D eigenvalue weighted by Crippen LogP contribution is 2.20. The second-order valence-corrected chi connectivity index (χ2v) is 3.23. The van der Waals surface area contributed by atoms with E-state index in [-0.39, 0.29) is 5.91 Å². The Morgan fingerprint density at radius 3 is 3.20 bits per heavy atom. The number of para-hydroxylation sites is 1. The number of carbonyl (C=O) groups excluding carboxylic acids is 1. The first-order chi connectivity index (χ1) is 7.31. The van der Waals surface area contributed by atoms with Gasteiger partial charge in [0.1, 0.15) is 0 Å². The molecular formula is C10H12N4O. The van der Waals surface area contributed by atoms with E-state index in [0.717, 1.165) is 16.6 Å². The van der Waals surface area contributed by atoms with Crippen LogP contribution in [0.5, 0.6) is 0 Å². The lowest BCUT2D eigenvalue weighted by atomic mass is 10.2. The van der Waals surface area contributed by atoms with Crippen LogP contribution in [0.25, 0.3) is 10.9 Å². The van der Waals surface area contributed by atoms with Crippen LogP contribution in [0.3, 0.4) is 0 Å². The molecule has 1 amide bonds. The van der Waals surface area contributed by atoms with E-state index in [4.69, 9.17) is 5.73 Å². The molecule has 5 heteroatoms. The minimum atomic E-state index is -0.0837. The summed E-state index contributed by atoms with van der Waals surface area (Å²) in [5, 5.41) is 10.5. The molecule has 0 bridgehead atoms. The molecule has 2 rings (SSSR count). The summed E-state index contributed by atoms with van der Waals surface area (Å²) in [7, 11) is 0. The van der Waals surface area contributed by atoms with Crippen molar-refractivity contribution in [2.24, 2.45) is 5.73 Å². The van der Waals surface area contributed by atoms with Crippen molar-refractivity contribution in [1.82, 2.24) is 10.2 Å². The molecule has 5 nitrogen and oxygen atoms in total. The fourth-order valence-electron chi connectivity index (χ4n) is 1.42. The Morgan fingerprint density at radius 2 is 2.40 bits per heavy atom. The number of nitrogens with one attached hydrogen (secondary N) is 2. The molecule has 0 aliphatic rings. The zero-order chi connectivity index (χ0) is 10.7. The van der Waals surface area contributed by atoms with Crippen molar-refractivity contribution in [1.29, 1.82) is 0 Å². The fourth-order valence-corrected chi connectivity index (χ4v) is 1.42. The zero-order valence-corrected chi connectivity index (χ0v) is 8.16. The zero-order valence-electron chi connectivity index (χ0n) is 8.16. The molecule has 4 N–H and O–H groups in total. The Bertz CT molecular complexity index is 477. The SMILES string of the molecule is NCCC(=O)Nc1cccc2cn[nH]c12. The van der Waals surface area contributed by atoms with Crippen molar-refractivity contribution in [3.63, 3.8) is 0 Å². The van der Waals surface area contributed by atoms with Crippen LogP contribution >= 0.6 is 0 Å². The number of aromatic amines is 1. The van der Waals surface area contributed by atoms with Crippen LogP contribution in [0.1, 0.15) is 6.42 Å². The monoisotopic (exact) mass is 204 g/mol. The second kappa shape index (κ2) is 4.10. The molecule has 78 valence electrons. The van der Waals surface area contributed by atoms with Crippen LogP contribution in [-0.2, 0) is 4.79 Å². The van der Waals surface area contributed by atoms with E-state index in [0.29, 0.717) is 13.0 Å². The molecule has 0 saturated carbocycles. The highest BCUT2D eigenvalue weighted by Gasteiger charge is 2.05. The van der Waals surface area contributed by atoms with Gasteiger partial charge in [0.15, 0.2) is 0 Å². The minimum absolute atomic E-state index is 0.0837. The lowest BCUT2D eigenvalue weighted by Crippen LogP contribution is -2.16. The molecule has 1 aromatic carbocycles. The summed E-state index contributed by atoms with van der Waals surface area (Å²) < 4.78 is 0. The van der Waals surface area contributed by atoms with E-state index in [2.05, 4.69) is 15.5 Å². The second-order valence-electron chi connectivity index (χ2n) is 3.23. The number of aromatic nitrogens is 2. The van der Waals surface area contributed by atoms with E-state index < -0.39 is 0 Å². The van der Waals surface area contributed by atoms with Gasteiger partial charge in [-0.3, -0.25) is 9.89 Å². The molecule has 0 aliphatic carbocycles. The molecular weight excluding hydrogens is 192 g/mol. The molecule has 2 aromatic rings. The number of nitrogens with zero attached hydrogens (tertiary/aromatic N) is 1. The first-order valence-corrected chi connectivity index (χ1v) is 4.73. The van der Waals surface area contributed by atoms with Crippen LogP contribution in [0.2, 0.25) is 0 Å². The summed E-state index contributed by atoms with van der Waals surface area (Å²) in [6.45, 7) is 0.352. The van der Waals surface area contributed by atoms with Crippen molar-refractivity contribution in [2.45, 2.75) is 6.42 Å². The van der Waals surface area contributed by atoms with E-state index in [1.54, 1.807) is 6.20 Å². The molecule has 0 aliphatic heterocycles. The number of amides is 1. The Morgan fingerprint density at radius 1 is 1.53 bits per heavy atom. The topological polar surface area (TPSA) is 83.8 Å². The van der Waals surface area contributed by atoms with Gasteiger partial charge in [-0.1, -0.05) is 12.1 Å². The summed E-state index contributed by atoms with van der Waals surface area (Å²) in [6, 6.07) is 5.63. The number of rotatable bonds is 3. The summed E-state index contributed by atoms with van der Waals surface area (Å²) in [5.41, 5.74) is 6.87. The quantitative estimate of drug-likeness (QED) is 0.693. The van der Waals surface area contributed by atoms with Gasteiger partial charge in [0.25, 0.3) is 0 Å². The lowest BCUT2D eigenvalue weighted by Gasteiger charge is -2.04. The van der Waals surface area contributed by atoms with Gasteiger partial charge < -0.3 is 11.1 Å². The van der Waals surface area contributed by atoms with Crippen molar-refractivity contribution in [3.05, 3.63) is 24.4 Å². The van der Waals surface area contributed by atoms with Crippen molar-refractivity contribution < 1.29 is 4.79 Å². The third-order valence-electron chi connectivity index (χ3n) is 2.12. The van der Waals surface area contributed by atoms with Gasteiger partial charge in [0.2, 0.25) is 5.91 Å². The van der Waals surface area contributed by atoms with E-state index in [1.165, 1.54) is 0 Å². The average molecular weight is 204 g/mol. The molecule has 0 atom stereocenters. The molecule has 0 saturated heterocycles. The molecule has 1 heterocycles. The smallest absolute Gasteiger partial charge is 0.225 e. The Hall–Kier alpha value is -1.88. The summed E-state index contributed by atoms with van der Waals surface area (Å²) in [6.07, 6.45) is 2.04. The van der Waals surface area contributed by atoms with Crippen molar-refractivity contribution >= 4 is 22.5 Å². The number of hydrogen-bond donors (Lipinski definition) is 3. The fraction of sp³-hybridized carbons (Fsp3) is 0.200. The van der Waals surface area contributed by atoms with Crippen LogP contribution in [0.4, 0.5) is 5.69 Å². The number of fused-ring (bicyclic) bond motifs is 1. The van der Waals surface area contributed by atoms with Crippen LogP contribution < -0.4 is 11.1 Å². The van der Waals surface area contributed by atoms with Crippen molar-refractivity contribution in [3.8, 4) is 0 Å². The van der Waals surface area contributed by atoms with Crippen LogP contribution in [-0.4, -0.2) is 22.6 Å². The first-order valence-electron chi connectivity index (χ1n) is 4.73. The number of hydrogen-bond acceptors (Lipinski definition) is 3.